The average Bonchev–Trinajstić information content (AvgIpc) is 1.57. The quantitative estimate of drug-likeness (QED) is 0.122. The van der Waals surface area contributed by atoms with Gasteiger partial charge in [0.1, 0.15) is 0 Å². The van der Waals surface area contributed by atoms with Crippen molar-refractivity contribution < 1.29 is 0 Å². The largest absolute Gasteiger partial charge is 0.309 e. The second-order valence-electron chi connectivity index (χ2n) is 30.2. The Morgan fingerprint density at radius 3 is 0.702 bits per heavy atom. The lowest BCUT2D eigenvalue weighted by Crippen LogP contribution is -2.10. The zero-order valence-electron chi connectivity index (χ0n) is 59.1. The maximum Gasteiger partial charge on any atom is 0.0542 e. The van der Waals surface area contributed by atoms with E-state index in [-0.39, 0.29) is 10.8 Å². The molecule has 0 amide bonds. The van der Waals surface area contributed by atoms with E-state index >= 15 is 0 Å². The molecule has 0 spiro atoms. The fourth-order valence-electron chi connectivity index (χ4n) is 17.0. The highest BCUT2D eigenvalue weighted by molar-refractivity contribution is 6.17. The number of para-hydroxylation sites is 5. The summed E-state index contributed by atoms with van der Waals surface area (Å²) in [6, 6.07) is 111. The highest BCUT2D eigenvalue weighted by atomic mass is 15.0. The molecule has 20 rings (SSSR count). The summed E-state index contributed by atoms with van der Waals surface area (Å²) in [5.41, 5.74) is 27.0. The van der Waals surface area contributed by atoms with Gasteiger partial charge in [-0.2, -0.15) is 0 Å². The summed E-state index contributed by atoms with van der Waals surface area (Å²) < 4.78 is 14.7. The van der Waals surface area contributed by atoms with Crippen molar-refractivity contribution in [1.29, 1.82) is 0 Å². The first-order valence-corrected chi connectivity index (χ1v) is 36.2. The Labute approximate surface area is 603 Å². The molecule has 20 aromatic rings. The van der Waals surface area contributed by atoms with Gasteiger partial charge in [0.15, 0.2) is 0 Å². The number of hydrogen-bond acceptors (Lipinski definition) is 0. The molecule has 0 aliphatic carbocycles. The molecule has 14 aromatic carbocycles. The van der Waals surface area contributed by atoms with Gasteiger partial charge in [-0.1, -0.05) is 212 Å². The minimum absolute atomic E-state index is 0.0367. The first-order chi connectivity index (χ1) is 50.8. The normalized spacial score (nSPS) is 12.7. The number of benzene rings is 14. The van der Waals surface area contributed by atoms with Crippen LogP contribution in [0.2, 0.25) is 0 Å². The van der Waals surface area contributed by atoms with E-state index in [1.807, 2.05) is 6.08 Å². The summed E-state index contributed by atoms with van der Waals surface area (Å²) in [6.07, 6.45) is 10.8. The Kier molecular flexibility index (Phi) is 13.5. The van der Waals surface area contributed by atoms with E-state index in [1.54, 1.807) is 0 Å². The topological polar surface area (TPSA) is 29.6 Å². The van der Waals surface area contributed by atoms with Crippen LogP contribution in [0.25, 0.3) is 183 Å². The molecule has 0 radical (unpaired) electrons. The fraction of sp³-hybridized carbons (Fsp3) is 0.0816. The number of rotatable bonds is 10. The van der Waals surface area contributed by atoms with E-state index in [1.165, 1.54) is 125 Å². The molecule has 0 unspecified atom stereocenters. The third kappa shape index (κ3) is 9.48. The van der Waals surface area contributed by atoms with Crippen molar-refractivity contribution in [3.05, 3.63) is 344 Å². The predicted molar refractivity (Wildman–Crippen MR) is 444 cm³/mol. The van der Waals surface area contributed by atoms with Crippen molar-refractivity contribution in [3.8, 4) is 34.1 Å². The zero-order valence-corrected chi connectivity index (χ0v) is 59.1. The number of allylic oxidation sites excluding steroid dienone is 2. The average molecular weight is 1340 g/mol. The zero-order chi connectivity index (χ0) is 69.9. The molecule has 6 heterocycles. The van der Waals surface area contributed by atoms with Crippen LogP contribution in [-0.2, 0) is 10.8 Å². The van der Waals surface area contributed by atoms with Crippen LogP contribution in [0.5, 0.6) is 0 Å². The van der Waals surface area contributed by atoms with Crippen LogP contribution in [-0.4, -0.2) is 27.4 Å². The highest BCUT2D eigenvalue weighted by Gasteiger charge is 2.24. The first-order valence-electron chi connectivity index (χ1n) is 36.2. The van der Waals surface area contributed by atoms with Crippen molar-refractivity contribution in [3.63, 3.8) is 0 Å². The Hall–Kier alpha value is -12.9. The van der Waals surface area contributed by atoms with Gasteiger partial charge in [-0.3, -0.25) is 0 Å². The van der Waals surface area contributed by atoms with Gasteiger partial charge in [0.2, 0.25) is 0 Å². The van der Waals surface area contributed by atoms with Gasteiger partial charge in [-0.05, 0) is 202 Å². The Balaban J connectivity index is 0.655. The Bertz CT molecular complexity index is 6990. The number of fused-ring (bicyclic) bond motifs is 18. The van der Waals surface area contributed by atoms with E-state index < -0.39 is 0 Å². The minimum Gasteiger partial charge on any atom is -0.309 e. The molecule has 6 heteroatoms. The summed E-state index contributed by atoms with van der Waals surface area (Å²) in [7, 11) is 0. The summed E-state index contributed by atoms with van der Waals surface area (Å²) in [4.78, 5) is 0. The molecule has 104 heavy (non-hydrogen) atoms. The van der Waals surface area contributed by atoms with Crippen molar-refractivity contribution in [2.75, 3.05) is 0 Å². The lowest BCUT2D eigenvalue weighted by molar-refractivity contribution is 0.590. The molecule has 0 saturated carbocycles. The van der Waals surface area contributed by atoms with Gasteiger partial charge in [0.05, 0.1) is 66.2 Å². The third-order valence-corrected chi connectivity index (χ3v) is 22.1. The van der Waals surface area contributed by atoms with E-state index in [9.17, 15) is 0 Å². The van der Waals surface area contributed by atoms with E-state index in [0.717, 1.165) is 67.4 Å². The van der Waals surface area contributed by atoms with Crippen LogP contribution in [0.15, 0.2) is 316 Å². The van der Waals surface area contributed by atoms with Crippen molar-refractivity contribution >= 4 is 149 Å². The lowest BCUT2D eigenvalue weighted by atomic mass is 9.87. The minimum atomic E-state index is 0.0367. The molecule has 496 valence electrons. The van der Waals surface area contributed by atoms with Crippen molar-refractivity contribution in [1.82, 2.24) is 27.4 Å². The molecule has 6 nitrogen and oxygen atoms in total. The summed E-state index contributed by atoms with van der Waals surface area (Å²) >= 11 is 0. The van der Waals surface area contributed by atoms with E-state index in [0.29, 0.717) is 0 Å². The lowest BCUT2D eigenvalue weighted by Gasteiger charge is -2.19. The molecular weight excluding hydrogens is 1260 g/mol. The van der Waals surface area contributed by atoms with Gasteiger partial charge in [-0.25, -0.2) is 0 Å². The highest BCUT2D eigenvalue weighted by Crippen LogP contribution is 2.44. The van der Waals surface area contributed by atoms with Crippen LogP contribution in [0.3, 0.4) is 0 Å². The smallest absolute Gasteiger partial charge is 0.0542 e. The molecule has 0 aliphatic heterocycles. The molecular formula is C98H74N6. The van der Waals surface area contributed by atoms with Crippen molar-refractivity contribution in [2.24, 2.45) is 0 Å². The molecule has 0 fully saturated rings. The number of hydrogen-bond donors (Lipinski definition) is 0. The predicted octanol–water partition coefficient (Wildman–Crippen LogP) is 26.2. The first kappa shape index (κ1) is 61.0. The third-order valence-electron chi connectivity index (χ3n) is 22.1. The SMILES string of the molecule is C=Cc1ccc2c(c1)c1ccccc1n2-c1ccc2c(c1)c1cc(-n3c4ccccc4c4cc(C=CC=Cc5ccc6c(c5)c5ccccc5n6-c5ccc6c(c5)c5cc(-n7c8ccccc8c8ccccc87)ccc5n6-c5ccc(C(C)(C)C)cc5)ccc43)ccc1n2-c1ccc(C(C)(C)C)cc1. The summed E-state index contributed by atoms with van der Waals surface area (Å²) in [5.74, 6) is 0. The second-order valence-corrected chi connectivity index (χ2v) is 30.2. The van der Waals surface area contributed by atoms with Crippen LogP contribution < -0.4 is 0 Å². The fourth-order valence-corrected chi connectivity index (χ4v) is 17.0. The summed E-state index contributed by atoms with van der Waals surface area (Å²) in [5, 5.41) is 14.6. The van der Waals surface area contributed by atoms with E-state index in [2.05, 4.69) is 397 Å². The number of aromatic nitrogens is 6. The number of nitrogens with zero attached hydrogens (tertiary/aromatic N) is 6. The maximum absolute atomic E-state index is 4.11. The van der Waals surface area contributed by atoms with Gasteiger partial charge >= 0.3 is 0 Å². The van der Waals surface area contributed by atoms with Crippen LogP contribution in [0.4, 0.5) is 0 Å². The van der Waals surface area contributed by atoms with E-state index in [4.69, 9.17) is 0 Å². The van der Waals surface area contributed by atoms with Gasteiger partial charge in [-0.15, -0.1) is 0 Å². The molecule has 0 saturated heterocycles. The monoisotopic (exact) mass is 1330 g/mol. The molecule has 0 N–H and O–H groups in total. The Morgan fingerprint density at radius 2 is 0.423 bits per heavy atom. The second kappa shape index (κ2) is 23.1. The molecule has 0 aliphatic rings. The molecule has 0 atom stereocenters. The summed E-state index contributed by atoms with van der Waals surface area (Å²) in [6.45, 7) is 17.8. The van der Waals surface area contributed by atoms with Gasteiger partial charge < -0.3 is 27.4 Å². The molecule has 6 aromatic heterocycles. The van der Waals surface area contributed by atoms with Crippen LogP contribution in [0.1, 0.15) is 69.4 Å². The van der Waals surface area contributed by atoms with Crippen molar-refractivity contribution in [2.45, 2.75) is 52.4 Å². The van der Waals surface area contributed by atoms with Crippen LogP contribution in [0, 0.1) is 0 Å². The molecule has 0 bridgehead atoms. The van der Waals surface area contributed by atoms with Crippen LogP contribution >= 0.6 is 0 Å². The van der Waals surface area contributed by atoms with Gasteiger partial charge in [0.25, 0.3) is 0 Å². The standard InChI is InChI=1S/C98H74N6/c1-8-62-33-48-90-78(55-62)75-25-13-18-30-87(75)102(90)70-45-52-95-83(59-70)84-61-72(47-54-96(84)100(95)68-42-38-66(39-43-68)98(5,6)7)104-89-32-20-15-27-77(89)80-57-64(35-50-92(80)104)22-10-9-21-63-34-49-91-79(56-63)76-26-14-19-31-88(76)103(91)71-46-53-94-82(60-71)81-58-69(101-85-28-16-11-23-73(85)74-24-12-17-29-86(74)101)44-51-93(81)99(94)67-40-36-65(37-41-67)97(2,3)4/h8-61H,1H2,2-7H3. The maximum atomic E-state index is 4.11. The van der Waals surface area contributed by atoms with Gasteiger partial charge in [0, 0.05) is 98.8 Å². The Morgan fingerprint density at radius 1 is 0.212 bits per heavy atom.